The number of halogens is 1. The molecule has 0 aliphatic carbocycles. The van der Waals surface area contributed by atoms with E-state index < -0.39 is 4.92 Å². The van der Waals surface area contributed by atoms with Gasteiger partial charge in [0.2, 0.25) is 5.88 Å². The van der Waals surface area contributed by atoms with Crippen molar-refractivity contribution in [1.82, 2.24) is 4.98 Å². The third kappa shape index (κ3) is 3.07. The second-order valence-corrected chi connectivity index (χ2v) is 4.46. The largest absolute Gasteiger partial charge is 0.437 e. The minimum Gasteiger partial charge on any atom is -0.437 e. The average Bonchev–Trinajstić information content (AvgIpc) is 2.41. The van der Waals surface area contributed by atoms with E-state index in [0.29, 0.717) is 15.8 Å². The normalized spacial score (nSPS) is 10.2. The van der Waals surface area contributed by atoms with Crippen molar-refractivity contribution in [3.05, 3.63) is 56.7 Å². The number of nitro groups is 1. The minimum absolute atomic E-state index is 0.130. The molecule has 6 nitrogen and oxygen atoms in total. The van der Waals surface area contributed by atoms with Gasteiger partial charge in [0.1, 0.15) is 11.9 Å². The van der Waals surface area contributed by atoms with Gasteiger partial charge in [-0.3, -0.25) is 10.1 Å². The number of aliphatic hydroxyl groups excluding tert-OH is 1. The molecule has 0 unspecified atom stereocenters. The summed E-state index contributed by atoms with van der Waals surface area (Å²) in [6.45, 7) is -0.166. The summed E-state index contributed by atoms with van der Waals surface area (Å²) in [5.41, 5.74) is 0.476. The Morgan fingerprint density at radius 1 is 1.42 bits per heavy atom. The van der Waals surface area contributed by atoms with E-state index >= 15 is 0 Å². The molecule has 0 spiro atoms. The Bertz CT molecular complexity index is 618. The molecule has 98 valence electrons. The number of pyridine rings is 1. The lowest BCUT2D eigenvalue weighted by molar-refractivity contribution is -0.385. The van der Waals surface area contributed by atoms with E-state index in [-0.39, 0.29) is 18.2 Å². The molecule has 1 aromatic carbocycles. The Labute approximate surface area is 117 Å². The molecular formula is C12H9BrN2O4. The molecular weight excluding hydrogens is 316 g/mol. The highest BCUT2D eigenvalue weighted by molar-refractivity contribution is 9.10. The number of aliphatic hydroxyl groups is 1. The number of hydrogen-bond acceptors (Lipinski definition) is 5. The molecule has 0 bridgehead atoms. The van der Waals surface area contributed by atoms with Crippen LogP contribution in [0.1, 0.15) is 5.56 Å². The first kappa shape index (κ1) is 13.4. The Kier molecular flexibility index (Phi) is 4.08. The van der Waals surface area contributed by atoms with Crippen molar-refractivity contribution in [3.63, 3.8) is 0 Å². The maximum atomic E-state index is 10.6. The van der Waals surface area contributed by atoms with Crippen LogP contribution in [0.3, 0.4) is 0 Å². The number of benzene rings is 1. The second-order valence-electron chi connectivity index (χ2n) is 3.61. The predicted molar refractivity (Wildman–Crippen MR) is 71.0 cm³/mol. The standard InChI is InChI=1S/C12H9BrN2O4/c13-10-5-9(15(17)18)6-14-12(10)19-11-4-2-1-3-8(11)7-16/h1-6,16H,7H2. The monoisotopic (exact) mass is 324 g/mol. The van der Waals surface area contributed by atoms with Crippen molar-refractivity contribution in [3.8, 4) is 11.6 Å². The zero-order valence-electron chi connectivity index (χ0n) is 9.62. The Morgan fingerprint density at radius 3 is 2.79 bits per heavy atom. The highest BCUT2D eigenvalue weighted by Crippen LogP contribution is 2.31. The number of ether oxygens (including phenoxy) is 1. The van der Waals surface area contributed by atoms with Crippen LogP contribution in [-0.4, -0.2) is 15.0 Å². The molecule has 0 fully saturated rings. The molecule has 0 aliphatic rings. The summed E-state index contributed by atoms with van der Waals surface area (Å²) < 4.78 is 5.90. The molecule has 1 N–H and O–H groups in total. The molecule has 0 amide bonds. The number of hydrogen-bond donors (Lipinski definition) is 1. The third-order valence-electron chi connectivity index (χ3n) is 2.35. The van der Waals surface area contributed by atoms with Gasteiger partial charge in [-0.05, 0) is 22.0 Å². The number of para-hydroxylation sites is 1. The molecule has 2 rings (SSSR count). The predicted octanol–water partition coefficient (Wildman–Crippen LogP) is 3.04. The van der Waals surface area contributed by atoms with Gasteiger partial charge < -0.3 is 9.84 Å². The fourth-order valence-corrected chi connectivity index (χ4v) is 1.85. The first-order valence-electron chi connectivity index (χ1n) is 5.28. The van der Waals surface area contributed by atoms with Crippen molar-refractivity contribution in [2.75, 3.05) is 0 Å². The van der Waals surface area contributed by atoms with Crippen LogP contribution >= 0.6 is 15.9 Å². The van der Waals surface area contributed by atoms with E-state index in [1.165, 1.54) is 6.07 Å². The van der Waals surface area contributed by atoms with Crippen molar-refractivity contribution in [2.45, 2.75) is 6.61 Å². The lowest BCUT2D eigenvalue weighted by atomic mass is 10.2. The molecule has 7 heteroatoms. The highest BCUT2D eigenvalue weighted by atomic mass is 79.9. The smallest absolute Gasteiger partial charge is 0.288 e. The van der Waals surface area contributed by atoms with Crippen molar-refractivity contribution >= 4 is 21.6 Å². The summed E-state index contributed by atoms with van der Waals surface area (Å²) in [4.78, 5) is 13.9. The summed E-state index contributed by atoms with van der Waals surface area (Å²) in [5, 5.41) is 19.8. The van der Waals surface area contributed by atoms with Crippen LogP contribution in [0.15, 0.2) is 41.0 Å². The van der Waals surface area contributed by atoms with E-state index in [9.17, 15) is 15.2 Å². The third-order valence-corrected chi connectivity index (χ3v) is 2.92. The summed E-state index contributed by atoms with van der Waals surface area (Å²) in [6, 6.07) is 8.24. The molecule has 0 aliphatic heterocycles. The zero-order valence-corrected chi connectivity index (χ0v) is 11.2. The van der Waals surface area contributed by atoms with Gasteiger partial charge in [-0.15, -0.1) is 0 Å². The molecule has 0 saturated carbocycles. The summed E-state index contributed by atoms with van der Waals surface area (Å²) in [6.07, 6.45) is 1.11. The van der Waals surface area contributed by atoms with Crippen LogP contribution in [0.25, 0.3) is 0 Å². The summed E-state index contributed by atoms with van der Waals surface area (Å²) in [5.74, 6) is 0.651. The topological polar surface area (TPSA) is 85.5 Å². The van der Waals surface area contributed by atoms with Crippen LogP contribution in [0.4, 0.5) is 5.69 Å². The summed E-state index contributed by atoms with van der Waals surface area (Å²) in [7, 11) is 0. The van der Waals surface area contributed by atoms with E-state index in [2.05, 4.69) is 20.9 Å². The van der Waals surface area contributed by atoms with E-state index in [0.717, 1.165) is 6.20 Å². The minimum atomic E-state index is -0.538. The zero-order chi connectivity index (χ0) is 13.8. The van der Waals surface area contributed by atoms with Gasteiger partial charge in [-0.25, -0.2) is 4.98 Å². The molecule has 19 heavy (non-hydrogen) atoms. The van der Waals surface area contributed by atoms with E-state index in [4.69, 9.17) is 4.74 Å². The SMILES string of the molecule is O=[N+]([O-])c1cnc(Oc2ccccc2CO)c(Br)c1. The lowest BCUT2D eigenvalue weighted by Crippen LogP contribution is -1.95. The number of rotatable bonds is 4. The van der Waals surface area contributed by atoms with Crippen molar-refractivity contribution in [1.29, 1.82) is 0 Å². The van der Waals surface area contributed by atoms with Crippen LogP contribution in [0, 0.1) is 10.1 Å². The maximum absolute atomic E-state index is 10.6. The van der Waals surface area contributed by atoms with E-state index in [1.807, 2.05) is 0 Å². The Balaban J connectivity index is 2.31. The second kappa shape index (κ2) is 5.77. The van der Waals surface area contributed by atoms with Gasteiger partial charge in [0, 0.05) is 11.6 Å². The van der Waals surface area contributed by atoms with Gasteiger partial charge in [-0.1, -0.05) is 18.2 Å². The van der Waals surface area contributed by atoms with Gasteiger partial charge in [-0.2, -0.15) is 0 Å². The van der Waals surface area contributed by atoms with E-state index in [1.54, 1.807) is 24.3 Å². The highest BCUT2D eigenvalue weighted by Gasteiger charge is 2.13. The molecule has 2 aromatic rings. The first-order chi connectivity index (χ1) is 9.11. The Morgan fingerprint density at radius 2 is 2.16 bits per heavy atom. The van der Waals surface area contributed by atoms with Crippen LogP contribution in [0.5, 0.6) is 11.6 Å². The van der Waals surface area contributed by atoms with Gasteiger partial charge in [0.15, 0.2) is 0 Å². The van der Waals surface area contributed by atoms with Gasteiger partial charge in [0.05, 0.1) is 16.0 Å². The Hall–Kier alpha value is -1.99. The van der Waals surface area contributed by atoms with Crippen molar-refractivity contribution in [2.24, 2.45) is 0 Å². The molecule has 1 heterocycles. The first-order valence-corrected chi connectivity index (χ1v) is 6.07. The van der Waals surface area contributed by atoms with Crippen LogP contribution < -0.4 is 4.74 Å². The molecule has 0 atom stereocenters. The molecule has 0 saturated heterocycles. The van der Waals surface area contributed by atoms with Crippen LogP contribution in [-0.2, 0) is 6.61 Å². The summed E-state index contributed by atoms with van der Waals surface area (Å²) >= 11 is 3.16. The fourth-order valence-electron chi connectivity index (χ4n) is 1.43. The lowest BCUT2D eigenvalue weighted by Gasteiger charge is -2.09. The average molecular weight is 325 g/mol. The molecule has 1 aromatic heterocycles. The maximum Gasteiger partial charge on any atom is 0.288 e. The molecule has 0 radical (unpaired) electrons. The fraction of sp³-hybridized carbons (Fsp3) is 0.0833. The number of aromatic nitrogens is 1. The van der Waals surface area contributed by atoms with Gasteiger partial charge in [0.25, 0.3) is 5.69 Å². The van der Waals surface area contributed by atoms with Crippen LogP contribution in [0.2, 0.25) is 0 Å². The van der Waals surface area contributed by atoms with Crippen molar-refractivity contribution < 1.29 is 14.8 Å². The number of nitrogens with zero attached hydrogens (tertiary/aromatic N) is 2. The van der Waals surface area contributed by atoms with Gasteiger partial charge >= 0.3 is 0 Å². The quantitative estimate of drug-likeness (QED) is 0.690.